The van der Waals surface area contributed by atoms with Crippen LogP contribution < -0.4 is 33.2 Å². The standard InChI is InChI=1S/C15H28N6O6/c16-6-2-1-3-10(15(26)27)21-13(24)8-19-12(23)7-20-14(25)9(17)4-5-11(18)22/h9-10H,1-8,16-17H2,(H2,18,22)(H,19,23)(H,20,25)(H,21,24)(H,26,27)/t9-,10-/m0/s1. The van der Waals surface area contributed by atoms with Gasteiger partial charge in [-0.15, -0.1) is 0 Å². The summed E-state index contributed by atoms with van der Waals surface area (Å²) in [4.78, 5) is 56.7. The number of carbonyl (C=O) groups excluding carboxylic acids is 4. The third-order valence-corrected chi connectivity index (χ3v) is 3.49. The third kappa shape index (κ3) is 12.3. The topological polar surface area (TPSA) is 220 Å². The van der Waals surface area contributed by atoms with E-state index in [4.69, 9.17) is 22.3 Å². The maximum Gasteiger partial charge on any atom is 0.326 e. The van der Waals surface area contributed by atoms with Crippen molar-refractivity contribution in [2.45, 2.75) is 44.2 Å². The Morgan fingerprint density at radius 2 is 1.56 bits per heavy atom. The van der Waals surface area contributed by atoms with E-state index in [1.54, 1.807) is 0 Å². The molecule has 0 saturated heterocycles. The number of carboxylic acids is 1. The Bertz CT molecular complexity index is 541. The molecule has 0 aliphatic carbocycles. The first-order chi connectivity index (χ1) is 12.7. The van der Waals surface area contributed by atoms with Gasteiger partial charge in [-0.05, 0) is 32.2 Å². The van der Waals surface area contributed by atoms with Crippen molar-refractivity contribution in [2.75, 3.05) is 19.6 Å². The average Bonchev–Trinajstić information content (AvgIpc) is 2.61. The lowest BCUT2D eigenvalue weighted by Gasteiger charge is -2.15. The van der Waals surface area contributed by atoms with Gasteiger partial charge >= 0.3 is 5.97 Å². The molecule has 0 rings (SSSR count). The van der Waals surface area contributed by atoms with Gasteiger partial charge in [0.05, 0.1) is 19.1 Å². The van der Waals surface area contributed by atoms with Crippen molar-refractivity contribution < 1.29 is 29.1 Å². The smallest absolute Gasteiger partial charge is 0.326 e. The van der Waals surface area contributed by atoms with Gasteiger partial charge in [0.25, 0.3) is 0 Å². The Morgan fingerprint density at radius 3 is 2.11 bits per heavy atom. The zero-order valence-corrected chi connectivity index (χ0v) is 15.0. The van der Waals surface area contributed by atoms with Gasteiger partial charge in [0.2, 0.25) is 23.6 Å². The molecule has 0 spiro atoms. The number of unbranched alkanes of at least 4 members (excludes halogenated alkanes) is 1. The Hall–Kier alpha value is -2.73. The summed E-state index contributed by atoms with van der Waals surface area (Å²) in [6, 6.07) is -2.05. The van der Waals surface area contributed by atoms with Crippen LogP contribution in [0, 0.1) is 0 Å². The van der Waals surface area contributed by atoms with Crippen molar-refractivity contribution in [1.29, 1.82) is 0 Å². The highest BCUT2D eigenvalue weighted by Crippen LogP contribution is 2.00. The van der Waals surface area contributed by atoms with Crippen molar-refractivity contribution in [3.8, 4) is 0 Å². The van der Waals surface area contributed by atoms with E-state index < -0.39 is 54.8 Å². The van der Waals surface area contributed by atoms with Gasteiger partial charge in [-0.1, -0.05) is 0 Å². The average molecular weight is 388 g/mol. The molecule has 0 aliphatic heterocycles. The molecule has 10 N–H and O–H groups in total. The summed E-state index contributed by atoms with van der Waals surface area (Å²) < 4.78 is 0. The number of nitrogens with one attached hydrogen (secondary N) is 3. The van der Waals surface area contributed by atoms with Crippen LogP contribution in [0.2, 0.25) is 0 Å². The number of carbonyl (C=O) groups is 5. The fourth-order valence-corrected chi connectivity index (χ4v) is 1.96. The maximum atomic E-state index is 11.7. The largest absolute Gasteiger partial charge is 0.480 e. The molecule has 12 nitrogen and oxygen atoms in total. The molecule has 12 heteroatoms. The van der Waals surface area contributed by atoms with Gasteiger partial charge in [-0.2, -0.15) is 0 Å². The summed E-state index contributed by atoms with van der Waals surface area (Å²) in [5.41, 5.74) is 15.8. The van der Waals surface area contributed by atoms with Crippen molar-refractivity contribution in [3.05, 3.63) is 0 Å². The second kappa shape index (κ2) is 13.5. The first-order valence-electron chi connectivity index (χ1n) is 8.47. The Kier molecular flexibility index (Phi) is 12.1. The van der Waals surface area contributed by atoms with Crippen LogP contribution in [0.5, 0.6) is 0 Å². The molecule has 0 aliphatic rings. The van der Waals surface area contributed by atoms with Gasteiger partial charge < -0.3 is 38.3 Å². The Labute approximate surface area is 156 Å². The van der Waals surface area contributed by atoms with Gasteiger partial charge in [0.1, 0.15) is 6.04 Å². The summed E-state index contributed by atoms with van der Waals surface area (Å²) in [7, 11) is 0. The minimum atomic E-state index is -1.18. The van der Waals surface area contributed by atoms with E-state index in [1.807, 2.05) is 0 Å². The van der Waals surface area contributed by atoms with E-state index in [2.05, 4.69) is 16.0 Å². The SMILES string of the molecule is NCCCC[C@H](NC(=O)CNC(=O)CNC(=O)[C@@H](N)CCC(N)=O)C(=O)O. The number of primary amides is 1. The van der Waals surface area contributed by atoms with Gasteiger partial charge in [-0.25, -0.2) is 4.79 Å². The van der Waals surface area contributed by atoms with E-state index in [0.717, 1.165) is 0 Å². The summed E-state index contributed by atoms with van der Waals surface area (Å²) in [6.07, 6.45) is 1.40. The lowest BCUT2D eigenvalue weighted by molar-refractivity contribution is -0.142. The lowest BCUT2D eigenvalue weighted by atomic mass is 10.1. The Morgan fingerprint density at radius 1 is 0.926 bits per heavy atom. The van der Waals surface area contributed by atoms with E-state index in [-0.39, 0.29) is 19.3 Å². The summed E-state index contributed by atoms with van der Waals surface area (Å²) >= 11 is 0. The second-order valence-corrected chi connectivity index (χ2v) is 5.85. The molecule has 0 radical (unpaired) electrons. The van der Waals surface area contributed by atoms with Crippen LogP contribution >= 0.6 is 0 Å². The number of aliphatic carboxylic acids is 1. The van der Waals surface area contributed by atoms with Crippen LogP contribution in [0.4, 0.5) is 0 Å². The number of nitrogens with two attached hydrogens (primary N) is 3. The maximum absolute atomic E-state index is 11.7. The first-order valence-corrected chi connectivity index (χ1v) is 8.47. The van der Waals surface area contributed by atoms with Crippen LogP contribution in [0.1, 0.15) is 32.1 Å². The molecule has 0 aromatic rings. The highest BCUT2D eigenvalue weighted by atomic mass is 16.4. The summed E-state index contributed by atoms with van der Waals surface area (Å²) in [6.45, 7) is -0.438. The van der Waals surface area contributed by atoms with Crippen LogP contribution in [0.3, 0.4) is 0 Å². The van der Waals surface area contributed by atoms with Gasteiger partial charge in [0.15, 0.2) is 0 Å². The molecule has 0 heterocycles. The molecular weight excluding hydrogens is 360 g/mol. The predicted molar refractivity (Wildman–Crippen MR) is 94.9 cm³/mol. The molecule has 0 fully saturated rings. The zero-order valence-electron chi connectivity index (χ0n) is 15.0. The monoisotopic (exact) mass is 388 g/mol. The Balaban J connectivity index is 4.14. The fraction of sp³-hybridized carbons (Fsp3) is 0.667. The van der Waals surface area contributed by atoms with E-state index >= 15 is 0 Å². The number of hydrogen-bond acceptors (Lipinski definition) is 7. The molecule has 154 valence electrons. The van der Waals surface area contributed by atoms with Crippen LogP contribution in [-0.2, 0) is 24.0 Å². The molecule has 2 atom stereocenters. The summed E-state index contributed by atoms with van der Waals surface area (Å²) in [5.74, 6) is -3.74. The van der Waals surface area contributed by atoms with E-state index in [0.29, 0.717) is 19.4 Å². The summed E-state index contributed by atoms with van der Waals surface area (Å²) in [5, 5.41) is 15.9. The molecule has 0 aromatic carbocycles. The van der Waals surface area contributed by atoms with Crippen molar-refractivity contribution in [3.63, 3.8) is 0 Å². The molecule has 0 bridgehead atoms. The predicted octanol–water partition coefficient (Wildman–Crippen LogP) is -3.49. The normalized spacial score (nSPS) is 12.5. The van der Waals surface area contributed by atoms with Crippen molar-refractivity contribution in [1.82, 2.24) is 16.0 Å². The molecular formula is C15H28N6O6. The molecule has 0 aromatic heterocycles. The lowest BCUT2D eigenvalue weighted by Crippen LogP contribution is -2.48. The molecule has 0 unspecified atom stereocenters. The highest BCUT2D eigenvalue weighted by molar-refractivity contribution is 5.90. The van der Waals surface area contributed by atoms with Crippen LogP contribution in [-0.4, -0.2) is 66.4 Å². The quantitative estimate of drug-likeness (QED) is 0.148. The van der Waals surface area contributed by atoms with Crippen LogP contribution in [0.25, 0.3) is 0 Å². The molecule has 0 saturated carbocycles. The molecule has 27 heavy (non-hydrogen) atoms. The second-order valence-electron chi connectivity index (χ2n) is 5.85. The van der Waals surface area contributed by atoms with Crippen LogP contribution in [0.15, 0.2) is 0 Å². The number of carboxylic acid groups (broad SMARTS) is 1. The van der Waals surface area contributed by atoms with Crippen molar-refractivity contribution in [2.24, 2.45) is 17.2 Å². The zero-order chi connectivity index (χ0) is 20.8. The molecule has 4 amide bonds. The van der Waals surface area contributed by atoms with Gasteiger partial charge in [-0.3, -0.25) is 19.2 Å². The van der Waals surface area contributed by atoms with E-state index in [9.17, 15) is 24.0 Å². The van der Waals surface area contributed by atoms with Crippen molar-refractivity contribution >= 4 is 29.6 Å². The highest BCUT2D eigenvalue weighted by Gasteiger charge is 2.20. The number of hydrogen-bond donors (Lipinski definition) is 7. The number of rotatable bonds is 14. The minimum Gasteiger partial charge on any atom is -0.480 e. The number of amides is 4. The third-order valence-electron chi connectivity index (χ3n) is 3.49. The first kappa shape index (κ1) is 24.3. The van der Waals surface area contributed by atoms with Gasteiger partial charge in [0, 0.05) is 6.42 Å². The van der Waals surface area contributed by atoms with E-state index in [1.165, 1.54) is 0 Å². The minimum absolute atomic E-state index is 0.0475. The fourth-order valence-electron chi connectivity index (χ4n) is 1.96.